The Morgan fingerprint density at radius 1 is 1.41 bits per heavy atom. The molecule has 0 saturated heterocycles. The SMILES string of the molecule is CNC(Cc1nccn1C)c1ccc(F)cn1. The van der Waals surface area contributed by atoms with Crippen molar-refractivity contribution < 1.29 is 4.39 Å². The topological polar surface area (TPSA) is 42.7 Å². The normalized spacial score (nSPS) is 12.6. The Bertz CT molecular complexity index is 478. The minimum atomic E-state index is -0.319. The largest absolute Gasteiger partial charge is 0.338 e. The lowest BCUT2D eigenvalue weighted by Gasteiger charge is -2.15. The summed E-state index contributed by atoms with van der Waals surface area (Å²) < 4.78 is 14.8. The molecule has 0 amide bonds. The molecule has 17 heavy (non-hydrogen) atoms. The number of nitrogens with one attached hydrogen (secondary N) is 1. The quantitative estimate of drug-likeness (QED) is 0.870. The first-order chi connectivity index (χ1) is 8.20. The molecule has 4 nitrogen and oxygen atoms in total. The van der Waals surface area contributed by atoms with Crippen LogP contribution in [0.15, 0.2) is 30.7 Å². The smallest absolute Gasteiger partial charge is 0.141 e. The molecule has 90 valence electrons. The average Bonchev–Trinajstić information content (AvgIpc) is 2.73. The van der Waals surface area contributed by atoms with Gasteiger partial charge in [0.1, 0.15) is 11.6 Å². The van der Waals surface area contributed by atoms with Crippen LogP contribution in [0, 0.1) is 5.82 Å². The van der Waals surface area contributed by atoms with Gasteiger partial charge < -0.3 is 9.88 Å². The predicted octanol–water partition coefficient (Wildman–Crippen LogP) is 1.46. The van der Waals surface area contributed by atoms with Gasteiger partial charge in [-0.05, 0) is 19.2 Å². The maximum Gasteiger partial charge on any atom is 0.141 e. The Kier molecular flexibility index (Phi) is 3.49. The lowest BCUT2D eigenvalue weighted by atomic mass is 10.1. The van der Waals surface area contributed by atoms with Crippen LogP contribution in [0.5, 0.6) is 0 Å². The molecule has 0 spiro atoms. The Morgan fingerprint density at radius 2 is 2.24 bits per heavy atom. The zero-order valence-corrected chi connectivity index (χ0v) is 9.89. The average molecular weight is 234 g/mol. The van der Waals surface area contributed by atoms with Crippen LogP contribution in [0.2, 0.25) is 0 Å². The number of aryl methyl sites for hydroxylation is 1. The van der Waals surface area contributed by atoms with Crippen molar-refractivity contribution in [1.82, 2.24) is 19.9 Å². The minimum Gasteiger partial charge on any atom is -0.338 e. The van der Waals surface area contributed by atoms with Crippen LogP contribution in [0.25, 0.3) is 0 Å². The predicted molar refractivity (Wildman–Crippen MR) is 62.9 cm³/mol. The highest BCUT2D eigenvalue weighted by Crippen LogP contribution is 2.15. The molecule has 0 aliphatic heterocycles. The number of aromatic nitrogens is 3. The molecule has 5 heteroatoms. The van der Waals surface area contributed by atoms with E-state index >= 15 is 0 Å². The minimum absolute atomic E-state index is 0.0386. The van der Waals surface area contributed by atoms with Gasteiger partial charge in [-0.3, -0.25) is 4.98 Å². The molecule has 1 N–H and O–H groups in total. The van der Waals surface area contributed by atoms with Crippen molar-refractivity contribution in [3.63, 3.8) is 0 Å². The third-order valence-corrected chi connectivity index (χ3v) is 2.76. The Balaban J connectivity index is 2.17. The zero-order chi connectivity index (χ0) is 12.3. The van der Waals surface area contributed by atoms with Crippen LogP contribution in [-0.2, 0) is 13.5 Å². The molecule has 0 aliphatic carbocycles. The first kappa shape index (κ1) is 11.7. The van der Waals surface area contributed by atoms with E-state index in [1.54, 1.807) is 12.3 Å². The van der Waals surface area contributed by atoms with Crippen molar-refractivity contribution >= 4 is 0 Å². The van der Waals surface area contributed by atoms with E-state index in [4.69, 9.17) is 0 Å². The van der Waals surface area contributed by atoms with Gasteiger partial charge >= 0.3 is 0 Å². The van der Waals surface area contributed by atoms with Crippen molar-refractivity contribution in [3.8, 4) is 0 Å². The Labute approximate surface area is 99.5 Å². The summed E-state index contributed by atoms with van der Waals surface area (Å²) in [5.41, 5.74) is 0.817. The van der Waals surface area contributed by atoms with Gasteiger partial charge in [0, 0.05) is 25.9 Å². The van der Waals surface area contributed by atoms with Crippen LogP contribution in [0.4, 0.5) is 4.39 Å². The van der Waals surface area contributed by atoms with Gasteiger partial charge in [0.15, 0.2) is 0 Å². The maximum atomic E-state index is 12.8. The van der Waals surface area contributed by atoms with E-state index in [0.717, 1.165) is 17.9 Å². The molecule has 0 radical (unpaired) electrons. The lowest BCUT2D eigenvalue weighted by Crippen LogP contribution is -2.21. The molecule has 1 atom stereocenters. The Morgan fingerprint density at radius 3 is 2.76 bits per heavy atom. The molecule has 1 unspecified atom stereocenters. The second-order valence-electron chi connectivity index (χ2n) is 3.90. The lowest BCUT2D eigenvalue weighted by molar-refractivity contribution is 0.544. The summed E-state index contributed by atoms with van der Waals surface area (Å²) in [7, 11) is 3.81. The van der Waals surface area contributed by atoms with Crippen LogP contribution in [-0.4, -0.2) is 21.6 Å². The number of hydrogen-bond donors (Lipinski definition) is 1. The van der Waals surface area contributed by atoms with Gasteiger partial charge in [-0.2, -0.15) is 0 Å². The van der Waals surface area contributed by atoms with E-state index in [1.807, 2.05) is 24.9 Å². The summed E-state index contributed by atoms with van der Waals surface area (Å²) in [5.74, 6) is 0.649. The van der Waals surface area contributed by atoms with Crippen molar-refractivity contribution in [2.45, 2.75) is 12.5 Å². The van der Waals surface area contributed by atoms with Crippen molar-refractivity contribution in [2.24, 2.45) is 7.05 Å². The summed E-state index contributed by atoms with van der Waals surface area (Å²) in [4.78, 5) is 8.35. The fourth-order valence-corrected chi connectivity index (χ4v) is 1.72. The summed E-state index contributed by atoms with van der Waals surface area (Å²) in [6, 6.07) is 3.15. The highest BCUT2D eigenvalue weighted by atomic mass is 19.1. The van der Waals surface area contributed by atoms with Gasteiger partial charge in [0.05, 0.1) is 17.9 Å². The van der Waals surface area contributed by atoms with Gasteiger partial charge in [-0.15, -0.1) is 0 Å². The standard InChI is InChI=1S/C12H15FN4/c1-14-11(7-12-15-5-6-17(12)2)10-4-3-9(13)8-16-10/h3-6,8,11,14H,7H2,1-2H3. The number of rotatable bonds is 4. The van der Waals surface area contributed by atoms with E-state index in [2.05, 4.69) is 15.3 Å². The van der Waals surface area contributed by atoms with Crippen molar-refractivity contribution in [2.75, 3.05) is 7.05 Å². The van der Waals surface area contributed by atoms with Gasteiger partial charge in [-0.25, -0.2) is 9.37 Å². The van der Waals surface area contributed by atoms with Crippen LogP contribution in [0.3, 0.4) is 0 Å². The number of hydrogen-bond acceptors (Lipinski definition) is 3. The molecule has 0 aliphatic rings. The van der Waals surface area contributed by atoms with E-state index in [9.17, 15) is 4.39 Å². The van der Waals surface area contributed by atoms with Crippen molar-refractivity contribution in [3.05, 3.63) is 48.1 Å². The Hall–Kier alpha value is -1.75. The highest BCUT2D eigenvalue weighted by Gasteiger charge is 2.13. The number of likely N-dealkylation sites (N-methyl/N-ethyl adjacent to an activating group) is 1. The first-order valence-electron chi connectivity index (χ1n) is 5.45. The van der Waals surface area contributed by atoms with E-state index in [-0.39, 0.29) is 11.9 Å². The number of halogens is 1. The molecule has 2 heterocycles. The molecule has 0 aromatic carbocycles. The molecule has 0 bridgehead atoms. The van der Waals surface area contributed by atoms with E-state index in [1.165, 1.54) is 12.3 Å². The second kappa shape index (κ2) is 5.05. The second-order valence-corrected chi connectivity index (χ2v) is 3.90. The first-order valence-corrected chi connectivity index (χ1v) is 5.45. The number of pyridine rings is 1. The van der Waals surface area contributed by atoms with Crippen LogP contribution in [0.1, 0.15) is 17.6 Å². The van der Waals surface area contributed by atoms with Crippen molar-refractivity contribution in [1.29, 1.82) is 0 Å². The molecule has 0 fully saturated rings. The molecule has 2 rings (SSSR count). The fourth-order valence-electron chi connectivity index (χ4n) is 1.72. The third-order valence-electron chi connectivity index (χ3n) is 2.76. The monoisotopic (exact) mass is 234 g/mol. The van der Waals surface area contributed by atoms with Crippen LogP contribution < -0.4 is 5.32 Å². The third kappa shape index (κ3) is 2.68. The number of nitrogens with zero attached hydrogens (tertiary/aromatic N) is 3. The molecule has 2 aromatic rings. The fraction of sp³-hybridized carbons (Fsp3) is 0.333. The maximum absolute atomic E-state index is 12.8. The number of imidazole rings is 1. The molecular weight excluding hydrogens is 219 g/mol. The summed E-state index contributed by atoms with van der Waals surface area (Å²) in [5, 5.41) is 3.17. The molecule has 0 saturated carbocycles. The van der Waals surface area contributed by atoms with Gasteiger partial charge in [0.25, 0.3) is 0 Å². The van der Waals surface area contributed by atoms with Gasteiger partial charge in [-0.1, -0.05) is 0 Å². The summed E-state index contributed by atoms with van der Waals surface area (Å²) in [6.07, 6.45) is 5.62. The zero-order valence-electron chi connectivity index (χ0n) is 9.89. The van der Waals surface area contributed by atoms with Gasteiger partial charge in [0.2, 0.25) is 0 Å². The van der Waals surface area contributed by atoms with E-state index < -0.39 is 0 Å². The molecular formula is C12H15FN4. The highest BCUT2D eigenvalue weighted by molar-refractivity contribution is 5.12. The molecule has 2 aromatic heterocycles. The summed E-state index contributed by atoms with van der Waals surface area (Å²) >= 11 is 0. The van der Waals surface area contributed by atoms with E-state index in [0.29, 0.717) is 0 Å². The summed E-state index contributed by atoms with van der Waals surface area (Å²) in [6.45, 7) is 0. The van der Waals surface area contributed by atoms with Crippen LogP contribution >= 0.6 is 0 Å².